The summed E-state index contributed by atoms with van der Waals surface area (Å²) in [5.74, 6) is -4.90. The van der Waals surface area contributed by atoms with Crippen LogP contribution in [0.3, 0.4) is 0 Å². The summed E-state index contributed by atoms with van der Waals surface area (Å²) in [4.78, 5) is 16.5. The summed E-state index contributed by atoms with van der Waals surface area (Å²) in [6.07, 6.45) is -15.1. The molecule has 0 spiro atoms. The van der Waals surface area contributed by atoms with Gasteiger partial charge in [0.2, 0.25) is 0 Å². The number of fused-ring (bicyclic) bond motifs is 7. The second-order valence-corrected chi connectivity index (χ2v) is 17.2. The zero-order chi connectivity index (χ0) is 45.4. The topological polar surface area (TPSA) is 102 Å². The number of anilines is 2. The Morgan fingerprint density at radius 1 is 0.937 bits per heavy atom. The number of nitrogens with zero attached hydrogens (tertiary/aromatic N) is 5. The van der Waals surface area contributed by atoms with Gasteiger partial charge in [0.25, 0.3) is 0 Å². The first-order valence-electron chi connectivity index (χ1n) is 19.9. The lowest BCUT2D eigenvalue weighted by molar-refractivity contribution is -0.458. The molecule has 4 aromatic rings. The van der Waals surface area contributed by atoms with Crippen molar-refractivity contribution in [1.82, 2.24) is 25.2 Å². The fourth-order valence-electron chi connectivity index (χ4n) is 10.7. The summed E-state index contributed by atoms with van der Waals surface area (Å²) in [6, 6.07) is 2.38. The molecular weight excluding hydrogens is 869 g/mol. The number of pyridine rings is 1. The molecule has 0 unspecified atom stereocenters. The molecule has 4 fully saturated rings. The van der Waals surface area contributed by atoms with Crippen molar-refractivity contribution < 1.29 is 66.5 Å². The van der Waals surface area contributed by atoms with Crippen LogP contribution in [0, 0.1) is 29.9 Å². The van der Waals surface area contributed by atoms with E-state index in [0.29, 0.717) is 11.8 Å². The van der Waals surface area contributed by atoms with E-state index in [0.717, 1.165) is 6.07 Å². The average molecular weight is 906 g/mol. The summed E-state index contributed by atoms with van der Waals surface area (Å²) in [5.41, 5.74) is -2.14. The standard InChI is InChI=1S/C41H36F13N7O2/c1-3-23-25(42)6-5-20-14-21(55)15-24(27(20)23)30-29(43)31-28-26(56-30)13-19(2)32-37(45)11-10-36(44,59-37)17-60(32)33(28)58-34(57-31)62-18-35-8-4-12-61(35)22(7-9-35)16-63-38(39(46,47)48,40(49,50)51)41(52,53)54/h1,5-6,14-15,19,22,32,59H,4,7-13,16-18,55H2,2H3/t19-,22-,32-,35-,36+,37-/m0/s1. The van der Waals surface area contributed by atoms with Crippen molar-refractivity contribution in [2.24, 2.45) is 5.92 Å². The number of nitrogens with one attached hydrogen (secondary N) is 1. The van der Waals surface area contributed by atoms with Crippen LogP contribution in [-0.4, -0.2) is 99.5 Å². The molecule has 9 nitrogen and oxygen atoms in total. The van der Waals surface area contributed by atoms with E-state index < -0.39 is 102 Å². The van der Waals surface area contributed by atoms with E-state index in [2.05, 4.69) is 25.9 Å². The molecule has 4 saturated heterocycles. The van der Waals surface area contributed by atoms with Gasteiger partial charge in [-0.25, -0.2) is 27.9 Å². The fraction of sp³-hybridized carbons (Fsp3) is 0.537. The molecule has 6 atom stereocenters. The molecule has 3 N–H and O–H groups in total. The maximum Gasteiger partial charge on any atom is 0.435 e. The minimum atomic E-state index is -6.91. The van der Waals surface area contributed by atoms with Crippen LogP contribution in [0.5, 0.6) is 6.01 Å². The number of ether oxygens (including phenoxy) is 2. The highest BCUT2D eigenvalue weighted by atomic mass is 19.4. The van der Waals surface area contributed by atoms with Crippen LogP contribution in [0.2, 0.25) is 0 Å². The predicted molar refractivity (Wildman–Crippen MR) is 201 cm³/mol. The van der Waals surface area contributed by atoms with E-state index in [1.165, 1.54) is 28.0 Å². The molecule has 0 radical (unpaired) electrons. The van der Waals surface area contributed by atoms with Gasteiger partial charge in [0.15, 0.2) is 17.4 Å². The van der Waals surface area contributed by atoms with Crippen LogP contribution in [0.1, 0.15) is 56.7 Å². The number of nitrogen functional groups attached to an aromatic ring is 1. The SMILES string of the molecule is C#Cc1c(F)ccc2cc(N)cc(-c3nc4c5c(nc(OC[C@@]67CCCN6[C@H](COC(C(F)(F)F)(C(F)(F)F)C(F)(F)F)CC7)nc5c3F)N3C[C@@]5(F)CC[C@](F)(N5)[C@@H]3[C@@H](C)C4)c12. The monoisotopic (exact) mass is 905 g/mol. The Bertz CT molecular complexity index is 2550. The highest BCUT2D eigenvalue weighted by molar-refractivity contribution is 6.04. The minimum Gasteiger partial charge on any atom is -0.461 e. The van der Waals surface area contributed by atoms with Gasteiger partial charge in [-0.1, -0.05) is 18.9 Å². The lowest BCUT2D eigenvalue weighted by atomic mass is 9.87. The molecule has 9 rings (SSSR count). The van der Waals surface area contributed by atoms with Crippen LogP contribution in [-0.2, 0) is 11.2 Å². The second kappa shape index (κ2) is 14.1. The van der Waals surface area contributed by atoms with Crippen molar-refractivity contribution in [3.63, 3.8) is 0 Å². The minimum absolute atomic E-state index is 0.00934. The van der Waals surface area contributed by atoms with Gasteiger partial charge in [-0.2, -0.15) is 49.5 Å². The Morgan fingerprint density at radius 3 is 2.33 bits per heavy atom. The molecule has 63 heavy (non-hydrogen) atoms. The second-order valence-electron chi connectivity index (χ2n) is 17.2. The summed E-state index contributed by atoms with van der Waals surface area (Å²) in [5, 5.41) is 2.92. The summed E-state index contributed by atoms with van der Waals surface area (Å²) < 4.78 is 199. The number of hydrogen-bond donors (Lipinski definition) is 2. The Labute approximate surface area is 349 Å². The van der Waals surface area contributed by atoms with Crippen LogP contribution < -0.4 is 20.7 Å². The Morgan fingerprint density at radius 2 is 1.65 bits per heavy atom. The zero-order valence-corrected chi connectivity index (χ0v) is 32.9. The summed E-state index contributed by atoms with van der Waals surface area (Å²) in [6.45, 7) is -0.729. The number of piperazine rings is 1. The fourth-order valence-corrected chi connectivity index (χ4v) is 10.7. The lowest BCUT2D eigenvalue weighted by Gasteiger charge is -2.48. The number of benzene rings is 2. The number of rotatable bonds is 7. The number of halogens is 13. The third-order valence-corrected chi connectivity index (χ3v) is 13.4. The van der Waals surface area contributed by atoms with Gasteiger partial charge in [-0.05, 0) is 68.2 Å². The summed E-state index contributed by atoms with van der Waals surface area (Å²) >= 11 is 0. The number of aromatic nitrogens is 3. The van der Waals surface area contributed by atoms with Gasteiger partial charge in [0.05, 0.1) is 41.4 Å². The molecule has 5 aliphatic rings. The van der Waals surface area contributed by atoms with Gasteiger partial charge < -0.3 is 20.1 Å². The van der Waals surface area contributed by atoms with E-state index in [9.17, 15) is 39.5 Å². The molecule has 0 saturated carbocycles. The van der Waals surface area contributed by atoms with Gasteiger partial charge in [-0.15, -0.1) is 6.42 Å². The quantitative estimate of drug-likeness (QED) is 0.0818. The number of hydrogen-bond acceptors (Lipinski definition) is 9. The number of terminal acetylenes is 1. The Balaban J connectivity index is 1.13. The maximum atomic E-state index is 17.4. The van der Waals surface area contributed by atoms with Crippen LogP contribution in [0.15, 0.2) is 24.3 Å². The van der Waals surface area contributed by atoms with Gasteiger partial charge >= 0.3 is 30.1 Å². The third-order valence-electron chi connectivity index (χ3n) is 13.4. The number of alkyl halides is 11. The molecule has 22 heteroatoms. The molecule has 2 aromatic carbocycles. The molecular formula is C41H36F13N7O2. The highest BCUT2D eigenvalue weighted by Gasteiger charge is 2.85. The smallest absolute Gasteiger partial charge is 0.435 e. The zero-order valence-electron chi connectivity index (χ0n) is 32.9. The molecule has 338 valence electrons. The predicted octanol–water partition coefficient (Wildman–Crippen LogP) is 8.60. The molecule has 0 aliphatic carbocycles. The number of nitrogens with two attached hydrogens (primary N) is 1. The van der Waals surface area contributed by atoms with Crippen molar-refractivity contribution in [3.8, 4) is 29.6 Å². The van der Waals surface area contributed by atoms with E-state index in [4.69, 9.17) is 21.9 Å². The Kier molecular flexibility index (Phi) is 9.68. The van der Waals surface area contributed by atoms with Crippen molar-refractivity contribution in [1.29, 1.82) is 0 Å². The molecule has 5 aliphatic heterocycles. The van der Waals surface area contributed by atoms with Crippen LogP contribution >= 0.6 is 0 Å². The van der Waals surface area contributed by atoms with Crippen LogP contribution in [0.25, 0.3) is 32.9 Å². The first-order valence-corrected chi connectivity index (χ1v) is 19.9. The van der Waals surface area contributed by atoms with Crippen molar-refractivity contribution in [2.45, 2.75) is 105 Å². The third kappa shape index (κ3) is 6.44. The van der Waals surface area contributed by atoms with E-state index in [1.54, 1.807) is 6.92 Å². The summed E-state index contributed by atoms with van der Waals surface area (Å²) in [7, 11) is 0. The first-order chi connectivity index (χ1) is 29.4. The van der Waals surface area contributed by atoms with Crippen molar-refractivity contribution >= 4 is 33.2 Å². The van der Waals surface area contributed by atoms with Crippen molar-refractivity contribution in [3.05, 3.63) is 47.2 Å². The maximum absolute atomic E-state index is 17.4. The molecule has 2 aromatic heterocycles. The van der Waals surface area contributed by atoms with Gasteiger partial charge in [0.1, 0.15) is 29.5 Å². The lowest BCUT2D eigenvalue weighted by Crippen LogP contribution is -2.69. The van der Waals surface area contributed by atoms with E-state index >= 15 is 17.6 Å². The highest BCUT2D eigenvalue weighted by Crippen LogP contribution is 2.56. The van der Waals surface area contributed by atoms with Gasteiger partial charge in [0, 0.05) is 35.5 Å². The largest absolute Gasteiger partial charge is 0.461 e. The first kappa shape index (κ1) is 43.4. The van der Waals surface area contributed by atoms with Crippen molar-refractivity contribution in [2.75, 3.05) is 36.9 Å². The van der Waals surface area contributed by atoms with Crippen LogP contribution in [0.4, 0.5) is 68.6 Å². The average Bonchev–Trinajstić information content (AvgIpc) is 3.79. The Hall–Kier alpha value is -4.88. The van der Waals surface area contributed by atoms with E-state index in [-0.39, 0.29) is 89.9 Å². The molecule has 2 bridgehead atoms. The van der Waals surface area contributed by atoms with E-state index in [1.807, 2.05) is 0 Å². The molecule has 0 amide bonds. The molecule has 7 heterocycles. The normalized spacial score (nSPS) is 28.7. The van der Waals surface area contributed by atoms with Gasteiger partial charge in [-0.3, -0.25) is 4.90 Å².